The van der Waals surface area contributed by atoms with Crippen LogP contribution in [0.3, 0.4) is 0 Å². The van der Waals surface area contributed by atoms with E-state index in [0.717, 1.165) is 32.4 Å². The standard InChI is InChI=1S/C19H25NO/c1-3-19(2)13-17(11-12-21-19)20-14-16-9-6-8-15-7-4-5-10-18(15)16/h4-10,17,20H,3,11-14H2,1-2H3. The van der Waals surface area contributed by atoms with E-state index in [4.69, 9.17) is 4.74 Å². The van der Waals surface area contributed by atoms with Crippen LogP contribution in [-0.2, 0) is 11.3 Å². The molecule has 2 nitrogen and oxygen atoms in total. The number of benzene rings is 2. The molecule has 1 fully saturated rings. The van der Waals surface area contributed by atoms with Crippen LogP contribution in [0, 0.1) is 0 Å². The fourth-order valence-electron chi connectivity index (χ4n) is 3.25. The summed E-state index contributed by atoms with van der Waals surface area (Å²) in [6, 6.07) is 15.7. The third-order valence-electron chi connectivity index (χ3n) is 4.80. The number of rotatable bonds is 4. The first-order chi connectivity index (χ1) is 10.2. The van der Waals surface area contributed by atoms with Crippen molar-refractivity contribution in [2.75, 3.05) is 6.61 Å². The molecule has 2 atom stereocenters. The van der Waals surface area contributed by atoms with Crippen LogP contribution in [0.5, 0.6) is 0 Å². The van der Waals surface area contributed by atoms with Gasteiger partial charge < -0.3 is 10.1 Å². The van der Waals surface area contributed by atoms with E-state index in [1.165, 1.54) is 16.3 Å². The van der Waals surface area contributed by atoms with E-state index in [1.807, 2.05) is 0 Å². The predicted octanol–water partition coefficient (Wildman–Crippen LogP) is 4.28. The van der Waals surface area contributed by atoms with Crippen molar-refractivity contribution in [3.05, 3.63) is 48.0 Å². The summed E-state index contributed by atoms with van der Waals surface area (Å²) in [5.41, 5.74) is 1.44. The number of hydrogen-bond donors (Lipinski definition) is 1. The van der Waals surface area contributed by atoms with Crippen molar-refractivity contribution >= 4 is 10.8 Å². The normalized spacial score (nSPS) is 26.1. The quantitative estimate of drug-likeness (QED) is 0.904. The lowest BCUT2D eigenvalue weighted by atomic mass is 9.89. The molecule has 2 aromatic carbocycles. The monoisotopic (exact) mass is 283 g/mol. The number of nitrogens with one attached hydrogen (secondary N) is 1. The molecule has 2 aromatic rings. The summed E-state index contributed by atoms with van der Waals surface area (Å²) < 4.78 is 5.93. The Kier molecular flexibility index (Phi) is 4.27. The zero-order chi connectivity index (χ0) is 14.7. The van der Waals surface area contributed by atoms with Gasteiger partial charge in [-0.2, -0.15) is 0 Å². The van der Waals surface area contributed by atoms with E-state index < -0.39 is 0 Å². The fourth-order valence-corrected chi connectivity index (χ4v) is 3.25. The second-order valence-corrected chi connectivity index (χ2v) is 6.36. The van der Waals surface area contributed by atoms with Crippen molar-refractivity contribution in [1.82, 2.24) is 5.32 Å². The minimum absolute atomic E-state index is 0.0503. The van der Waals surface area contributed by atoms with E-state index in [9.17, 15) is 0 Å². The molecule has 2 unspecified atom stereocenters. The fraction of sp³-hybridized carbons (Fsp3) is 0.474. The summed E-state index contributed by atoms with van der Waals surface area (Å²) in [7, 11) is 0. The maximum atomic E-state index is 5.93. The topological polar surface area (TPSA) is 21.3 Å². The lowest BCUT2D eigenvalue weighted by molar-refractivity contribution is -0.0781. The molecule has 1 N–H and O–H groups in total. The highest BCUT2D eigenvalue weighted by molar-refractivity contribution is 5.85. The molecule has 0 bridgehead atoms. The Hall–Kier alpha value is -1.38. The summed E-state index contributed by atoms with van der Waals surface area (Å²) in [5.74, 6) is 0. The Balaban J connectivity index is 1.69. The van der Waals surface area contributed by atoms with Crippen LogP contribution in [0.1, 0.15) is 38.7 Å². The molecule has 1 saturated heterocycles. The Bertz CT molecular complexity index is 604. The highest BCUT2D eigenvalue weighted by atomic mass is 16.5. The zero-order valence-electron chi connectivity index (χ0n) is 13.1. The summed E-state index contributed by atoms with van der Waals surface area (Å²) in [5, 5.41) is 6.42. The molecule has 0 saturated carbocycles. The molecule has 1 heterocycles. The molecule has 3 rings (SSSR count). The third-order valence-corrected chi connectivity index (χ3v) is 4.80. The molecule has 1 aliphatic heterocycles. The number of fused-ring (bicyclic) bond motifs is 1. The SMILES string of the molecule is CCC1(C)CC(NCc2cccc3ccccc23)CCO1. The van der Waals surface area contributed by atoms with Gasteiger partial charge in [-0.3, -0.25) is 0 Å². The smallest absolute Gasteiger partial charge is 0.0666 e. The van der Waals surface area contributed by atoms with Crippen molar-refractivity contribution < 1.29 is 4.74 Å². The van der Waals surface area contributed by atoms with E-state index in [0.29, 0.717) is 6.04 Å². The second kappa shape index (κ2) is 6.17. The van der Waals surface area contributed by atoms with Gasteiger partial charge in [0.05, 0.1) is 5.60 Å². The number of hydrogen-bond acceptors (Lipinski definition) is 2. The second-order valence-electron chi connectivity index (χ2n) is 6.36. The van der Waals surface area contributed by atoms with E-state index in [-0.39, 0.29) is 5.60 Å². The maximum Gasteiger partial charge on any atom is 0.0666 e. The largest absolute Gasteiger partial charge is 0.375 e. The molecule has 0 radical (unpaired) electrons. The van der Waals surface area contributed by atoms with Crippen LogP contribution in [0.2, 0.25) is 0 Å². The van der Waals surface area contributed by atoms with Crippen LogP contribution >= 0.6 is 0 Å². The van der Waals surface area contributed by atoms with Gasteiger partial charge in [0.2, 0.25) is 0 Å². The average molecular weight is 283 g/mol. The van der Waals surface area contributed by atoms with Crippen LogP contribution in [-0.4, -0.2) is 18.2 Å². The highest BCUT2D eigenvalue weighted by Crippen LogP contribution is 2.28. The summed E-state index contributed by atoms with van der Waals surface area (Å²) >= 11 is 0. The van der Waals surface area contributed by atoms with Crippen molar-refractivity contribution in [3.8, 4) is 0 Å². The zero-order valence-corrected chi connectivity index (χ0v) is 13.1. The van der Waals surface area contributed by atoms with Crippen LogP contribution < -0.4 is 5.32 Å². The molecule has 0 aromatic heterocycles. The molecule has 0 spiro atoms. The van der Waals surface area contributed by atoms with Crippen molar-refractivity contribution in [1.29, 1.82) is 0 Å². The van der Waals surface area contributed by atoms with Gasteiger partial charge in [-0.15, -0.1) is 0 Å². The van der Waals surface area contributed by atoms with Crippen molar-refractivity contribution in [2.45, 2.75) is 51.3 Å². The minimum Gasteiger partial charge on any atom is -0.375 e. The highest BCUT2D eigenvalue weighted by Gasteiger charge is 2.31. The van der Waals surface area contributed by atoms with Gasteiger partial charge in [0.1, 0.15) is 0 Å². The molecule has 112 valence electrons. The Morgan fingerprint density at radius 2 is 2.00 bits per heavy atom. The molecule has 1 aliphatic rings. The Morgan fingerprint density at radius 1 is 1.19 bits per heavy atom. The van der Waals surface area contributed by atoms with E-state index >= 15 is 0 Å². The average Bonchev–Trinajstić information content (AvgIpc) is 2.53. The first-order valence-corrected chi connectivity index (χ1v) is 8.04. The summed E-state index contributed by atoms with van der Waals surface area (Å²) in [4.78, 5) is 0. The Morgan fingerprint density at radius 3 is 2.86 bits per heavy atom. The van der Waals surface area contributed by atoms with E-state index in [1.54, 1.807) is 0 Å². The minimum atomic E-state index is 0.0503. The van der Waals surface area contributed by atoms with Gasteiger partial charge >= 0.3 is 0 Å². The third kappa shape index (κ3) is 3.28. The summed E-state index contributed by atoms with van der Waals surface area (Å²) in [6.07, 6.45) is 3.30. The molecule has 2 heteroatoms. The lowest BCUT2D eigenvalue weighted by Gasteiger charge is -2.38. The molecular weight excluding hydrogens is 258 g/mol. The van der Waals surface area contributed by atoms with Gasteiger partial charge in [-0.05, 0) is 42.5 Å². The Labute approximate surface area is 127 Å². The van der Waals surface area contributed by atoms with E-state index in [2.05, 4.69) is 61.6 Å². The van der Waals surface area contributed by atoms with Crippen LogP contribution in [0.15, 0.2) is 42.5 Å². The maximum absolute atomic E-state index is 5.93. The molecule has 0 aliphatic carbocycles. The van der Waals surface area contributed by atoms with Crippen LogP contribution in [0.4, 0.5) is 0 Å². The molecule has 21 heavy (non-hydrogen) atoms. The van der Waals surface area contributed by atoms with Gasteiger partial charge in [0, 0.05) is 19.2 Å². The lowest BCUT2D eigenvalue weighted by Crippen LogP contribution is -2.44. The van der Waals surface area contributed by atoms with Gasteiger partial charge in [-0.25, -0.2) is 0 Å². The van der Waals surface area contributed by atoms with Gasteiger partial charge in [-0.1, -0.05) is 49.4 Å². The van der Waals surface area contributed by atoms with Gasteiger partial charge in [0.15, 0.2) is 0 Å². The molecular formula is C19H25NO. The summed E-state index contributed by atoms with van der Waals surface area (Å²) in [6.45, 7) is 6.26. The first-order valence-electron chi connectivity index (χ1n) is 8.04. The van der Waals surface area contributed by atoms with Crippen LogP contribution in [0.25, 0.3) is 10.8 Å². The van der Waals surface area contributed by atoms with Crippen molar-refractivity contribution in [3.63, 3.8) is 0 Å². The number of ether oxygens (including phenoxy) is 1. The first kappa shape index (κ1) is 14.6. The van der Waals surface area contributed by atoms with Gasteiger partial charge in [0.25, 0.3) is 0 Å². The molecule has 0 amide bonds. The van der Waals surface area contributed by atoms with Crippen molar-refractivity contribution in [2.24, 2.45) is 0 Å². The predicted molar refractivity (Wildman–Crippen MR) is 88.5 cm³/mol.